The molecule has 8 aromatic heterocycles. The van der Waals surface area contributed by atoms with E-state index in [-0.39, 0.29) is 49.0 Å². The Kier molecular flexibility index (Phi) is 18.1. The minimum Gasteiger partial charge on any atom is -0.492 e. The molecule has 12 aromatic rings. The molecule has 12 rings (SSSR count). The largest absolute Gasteiger partial charge is 0.492 e. The van der Waals surface area contributed by atoms with E-state index in [0.29, 0.717) is 56.5 Å². The Morgan fingerprint density at radius 2 is 0.826 bits per heavy atom. The molecule has 4 aromatic carbocycles. The standard InChI is InChI=1S/C16H16ClFN4.C16H15ClFN3O.2C15H13ClFN3O/c1-8-7-11-9(2)20-15(21-16(11)19-8)10-5-6-12(17)14(13(10)18)22(3)4;1-8-7-21(3)16-12(8)9(2)19-15(20-16)10-5-6-11(17)14(22-4)13(10)18;1-7-6-10-8(2)19-14(20-15(10)18-7)9-4-5-11(16)13(21-3)12(9)17;1-7-6-18-15-11(7)8(2)19-14(20-15)9-4-5-10(16)13(21-3)12(9)17/h5-7H,1-4H3,(H,19,20,21);5-7H,1-4H3;2*4-6H,1-3H3,(H,18,19,20). The van der Waals surface area contributed by atoms with Crippen molar-refractivity contribution in [2.24, 2.45) is 7.05 Å². The molecule has 0 unspecified atom stereocenters. The summed E-state index contributed by atoms with van der Waals surface area (Å²) >= 11 is 23.8. The molecule has 0 saturated heterocycles. The van der Waals surface area contributed by atoms with Crippen molar-refractivity contribution in [2.75, 3.05) is 40.3 Å². The Hall–Kier alpha value is -8.56. The predicted octanol–water partition coefficient (Wildman–Crippen LogP) is 16.2. The normalized spacial score (nSPS) is 11.1. The van der Waals surface area contributed by atoms with Crippen LogP contribution in [0.5, 0.6) is 17.2 Å². The number of aryl methyl sites for hydroxylation is 9. The average Bonchev–Trinajstić information content (AvgIpc) is 2.11. The second kappa shape index (κ2) is 25.2. The van der Waals surface area contributed by atoms with Crippen molar-refractivity contribution in [3.05, 3.63) is 162 Å². The van der Waals surface area contributed by atoms with E-state index in [4.69, 9.17) is 60.6 Å². The molecule has 0 spiro atoms. The lowest BCUT2D eigenvalue weighted by Gasteiger charge is -2.17. The highest BCUT2D eigenvalue weighted by molar-refractivity contribution is 6.33. The van der Waals surface area contributed by atoms with Gasteiger partial charge in [-0.05, 0) is 127 Å². The summed E-state index contributed by atoms with van der Waals surface area (Å²) in [5.41, 5.74) is 11.6. The number of aromatic nitrogens is 12. The lowest BCUT2D eigenvalue weighted by Crippen LogP contribution is -2.12. The zero-order valence-electron chi connectivity index (χ0n) is 49.1. The lowest BCUT2D eigenvalue weighted by molar-refractivity contribution is 0.387. The molecule has 8 heterocycles. The van der Waals surface area contributed by atoms with Crippen LogP contribution in [0.2, 0.25) is 20.1 Å². The first kappa shape index (κ1) is 62.0. The van der Waals surface area contributed by atoms with Crippen molar-refractivity contribution in [3.63, 3.8) is 0 Å². The average molecular weight is 1250 g/mol. The third-order valence-corrected chi connectivity index (χ3v) is 15.2. The second-order valence-corrected chi connectivity index (χ2v) is 21.9. The Morgan fingerprint density at radius 3 is 1.24 bits per heavy atom. The molecule has 0 aliphatic rings. The molecule has 0 aliphatic heterocycles. The van der Waals surface area contributed by atoms with Crippen LogP contribution in [-0.4, -0.2) is 94.8 Å². The van der Waals surface area contributed by atoms with E-state index >= 15 is 0 Å². The van der Waals surface area contributed by atoms with Gasteiger partial charge in [-0.3, -0.25) is 0 Å². The summed E-state index contributed by atoms with van der Waals surface area (Å²) in [6, 6.07) is 16.6. The number of methoxy groups -OCH3 is 3. The minimum absolute atomic E-state index is 0.00168. The summed E-state index contributed by atoms with van der Waals surface area (Å²) in [5, 5.41) is 4.84. The van der Waals surface area contributed by atoms with Crippen molar-refractivity contribution in [1.29, 1.82) is 0 Å². The van der Waals surface area contributed by atoms with Crippen LogP contribution in [0.4, 0.5) is 23.2 Å². The van der Waals surface area contributed by atoms with Gasteiger partial charge in [-0.25, -0.2) is 57.4 Å². The van der Waals surface area contributed by atoms with Gasteiger partial charge in [0, 0.05) is 66.5 Å². The number of aromatic amines is 3. The third kappa shape index (κ3) is 12.0. The fourth-order valence-electron chi connectivity index (χ4n) is 9.95. The topological polar surface area (TPSA) is 186 Å². The number of hydrogen-bond donors (Lipinski definition) is 3. The van der Waals surface area contributed by atoms with Crippen molar-refractivity contribution >= 4 is 96.2 Å². The van der Waals surface area contributed by atoms with E-state index in [0.717, 1.165) is 72.5 Å². The fraction of sp³-hybridized carbons (Fsp3) is 0.226. The Morgan fingerprint density at radius 1 is 0.453 bits per heavy atom. The van der Waals surface area contributed by atoms with Crippen LogP contribution in [0.3, 0.4) is 0 Å². The molecular formula is C62H57Cl4F4N13O3. The smallest absolute Gasteiger partial charge is 0.177 e. The molecule has 0 aliphatic carbocycles. The zero-order valence-corrected chi connectivity index (χ0v) is 52.2. The van der Waals surface area contributed by atoms with Crippen LogP contribution < -0.4 is 19.1 Å². The van der Waals surface area contributed by atoms with Crippen molar-refractivity contribution in [2.45, 2.75) is 55.4 Å². The third-order valence-electron chi connectivity index (χ3n) is 14.0. The number of fused-ring (bicyclic) bond motifs is 4. The van der Waals surface area contributed by atoms with Gasteiger partial charge in [0.05, 0.1) is 92.1 Å². The van der Waals surface area contributed by atoms with Gasteiger partial charge in [0.1, 0.15) is 22.6 Å². The first-order valence-electron chi connectivity index (χ1n) is 26.4. The van der Waals surface area contributed by atoms with E-state index in [1.54, 1.807) is 67.5 Å². The van der Waals surface area contributed by atoms with Crippen molar-refractivity contribution in [1.82, 2.24) is 59.4 Å². The summed E-state index contributed by atoms with van der Waals surface area (Å²) in [4.78, 5) is 46.4. The van der Waals surface area contributed by atoms with Gasteiger partial charge >= 0.3 is 0 Å². The van der Waals surface area contributed by atoms with Gasteiger partial charge in [-0.15, -0.1) is 0 Å². The molecule has 86 heavy (non-hydrogen) atoms. The van der Waals surface area contributed by atoms with Crippen LogP contribution in [0.25, 0.3) is 89.7 Å². The van der Waals surface area contributed by atoms with Crippen molar-refractivity contribution in [3.8, 4) is 62.8 Å². The van der Waals surface area contributed by atoms with Crippen LogP contribution in [0.1, 0.15) is 45.3 Å². The Labute approximate surface area is 511 Å². The fourth-order valence-corrected chi connectivity index (χ4v) is 10.9. The van der Waals surface area contributed by atoms with Gasteiger partial charge in [0.2, 0.25) is 0 Å². The van der Waals surface area contributed by atoms with Crippen LogP contribution in [0, 0.1) is 78.7 Å². The molecule has 0 bridgehead atoms. The number of halogens is 8. The number of nitrogens with one attached hydrogen (secondary N) is 3. The molecule has 0 radical (unpaired) electrons. The molecule has 3 N–H and O–H groups in total. The minimum atomic E-state index is -0.563. The molecule has 24 heteroatoms. The lowest BCUT2D eigenvalue weighted by atomic mass is 10.1. The number of rotatable bonds is 8. The van der Waals surface area contributed by atoms with E-state index in [9.17, 15) is 17.6 Å². The van der Waals surface area contributed by atoms with Crippen LogP contribution in [-0.2, 0) is 7.05 Å². The van der Waals surface area contributed by atoms with E-state index in [1.807, 2.05) is 91.5 Å². The summed E-state index contributed by atoms with van der Waals surface area (Å²) in [5.74, 6) is -0.829. The van der Waals surface area contributed by atoms with E-state index in [1.165, 1.54) is 21.3 Å². The quantitative estimate of drug-likeness (QED) is 0.122. The number of nitrogens with zero attached hydrogens (tertiary/aromatic N) is 10. The molecule has 0 amide bonds. The summed E-state index contributed by atoms with van der Waals surface area (Å²) in [6.45, 7) is 15.4. The van der Waals surface area contributed by atoms with Crippen LogP contribution in [0.15, 0.2) is 73.1 Å². The van der Waals surface area contributed by atoms with Gasteiger partial charge in [0.15, 0.2) is 63.8 Å². The highest BCUT2D eigenvalue weighted by atomic mass is 35.5. The molecule has 444 valence electrons. The Bertz CT molecular complexity index is 4540. The highest BCUT2D eigenvalue weighted by Gasteiger charge is 2.23. The van der Waals surface area contributed by atoms with Gasteiger partial charge in [-0.1, -0.05) is 46.4 Å². The highest BCUT2D eigenvalue weighted by Crippen LogP contribution is 2.39. The number of hydrogen-bond acceptors (Lipinski definition) is 12. The molecule has 0 saturated carbocycles. The maximum Gasteiger partial charge on any atom is 0.177 e. The molecule has 0 fully saturated rings. The maximum absolute atomic E-state index is 14.8. The molecule has 0 atom stereocenters. The number of anilines is 1. The van der Waals surface area contributed by atoms with Gasteiger partial charge in [-0.2, -0.15) is 0 Å². The Balaban J connectivity index is 0.000000137. The number of H-pyrrole nitrogens is 3. The first-order valence-corrected chi connectivity index (χ1v) is 27.9. The van der Waals surface area contributed by atoms with E-state index in [2.05, 4.69) is 54.8 Å². The predicted molar refractivity (Wildman–Crippen MR) is 334 cm³/mol. The van der Waals surface area contributed by atoms with Gasteiger partial charge < -0.3 is 38.6 Å². The van der Waals surface area contributed by atoms with E-state index < -0.39 is 23.3 Å². The van der Waals surface area contributed by atoms with Crippen molar-refractivity contribution < 1.29 is 31.8 Å². The summed E-state index contributed by atoms with van der Waals surface area (Å²) in [7, 11) is 9.53. The maximum atomic E-state index is 14.8. The molecular weight excluding hydrogens is 1190 g/mol. The first-order chi connectivity index (χ1) is 40.8. The second-order valence-electron chi connectivity index (χ2n) is 20.3. The number of benzene rings is 4. The van der Waals surface area contributed by atoms with Crippen LogP contribution >= 0.6 is 46.4 Å². The monoisotopic (exact) mass is 1250 g/mol. The zero-order chi connectivity index (χ0) is 62.3. The molecule has 16 nitrogen and oxygen atoms in total. The number of ether oxygens (including phenoxy) is 3. The van der Waals surface area contributed by atoms with Gasteiger partial charge in [0.25, 0.3) is 0 Å². The SMILES string of the molecule is COc1c(Cl)ccc(-c2nc(C)c3c(C)c[nH]c3n2)c1F.COc1c(Cl)ccc(-c2nc(C)c3c(C)cn(C)c3n2)c1F.COc1c(Cl)ccc(-c2nc(C)c3cc(C)[nH]c3n2)c1F.Cc1cc2c(C)nc(-c3ccc(Cl)c(N(C)C)c3F)nc2[nH]1. The summed E-state index contributed by atoms with van der Waals surface area (Å²) in [6.07, 6.45) is 3.84. The summed E-state index contributed by atoms with van der Waals surface area (Å²) < 4.78 is 75.2.